The monoisotopic (exact) mass is 192 g/mol. The van der Waals surface area contributed by atoms with Crippen molar-refractivity contribution < 1.29 is 14.3 Å². The van der Waals surface area contributed by atoms with Crippen molar-refractivity contribution in [1.29, 1.82) is 0 Å². The fraction of sp³-hybridized carbons (Fsp3) is 0.182. The lowest BCUT2D eigenvalue weighted by molar-refractivity contribution is -0.129. The smallest absolute Gasteiger partial charge is 0.335 e. The van der Waals surface area contributed by atoms with Gasteiger partial charge in [0.25, 0.3) is 0 Å². The van der Waals surface area contributed by atoms with Crippen molar-refractivity contribution in [1.82, 2.24) is 0 Å². The summed E-state index contributed by atoms with van der Waals surface area (Å²) in [6.45, 7) is 5.71. The molecular weight excluding hydrogens is 180 g/mol. The molecule has 1 rings (SSSR count). The van der Waals surface area contributed by atoms with Gasteiger partial charge in [0.1, 0.15) is 0 Å². The number of esters is 1. The summed E-state index contributed by atoms with van der Waals surface area (Å²) in [5.41, 5.74) is 0. The maximum atomic E-state index is 10.9. The second-order valence-electron chi connectivity index (χ2n) is 2.50. The molecule has 0 saturated carbocycles. The van der Waals surface area contributed by atoms with Gasteiger partial charge >= 0.3 is 5.97 Å². The average molecular weight is 192 g/mol. The minimum Gasteiger partial charge on any atom is -0.490 e. The second kappa shape index (κ2) is 5.07. The lowest BCUT2D eigenvalue weighted by Crippen LogP contribution is -2.05. The van der Waals surface area contributed by atoms with Gasteiger partial charge in [0.15, 0.2) is 11.5 Å². The van der Waals surface area contributed by atoms with E-state index in [0.29, 0.717) is 18.1 Å². The van der Waals surface area contributed by atoms with Crippen LogP contribution >= 0.6 is 0 Å². The Morgan fingerprint density at radius 1 is 1.43 bits per heavy atom. The summed E-state index contributed by atoms with van der Waals surface area (Å²) in [5.74, 6) is 0.488. The minimum atomic E-state index is -0.489. The summed E-state index contributed by atoms with van der Waals surface area (Å²) in [7, 11) is 0. The summed E-state index contributed by atoms with van der Waals surface area (Å²) in [5, 5.41) is 0. The van der Waals surface area contributed by atoms with E-state index in [4.69, 9.17) is 9.47 Å². The Labute approximate surface area is 83.0 Å². The van der Waals surface area contributed by atoms with Gasteiger partial charge in [0.2, 0.25) is 0 Å². The number of rotatable bonds is 4. The number of para-hydroxylation sites is 2. The van der Waals surface area contributed by atoms with Crippen LogP contribution in [-0.4, -0.2) is 12.6 Å². The van der Waals surface area contributed by atoms with Gasteiger partial charge in [-0.05, 0) is 19.1 Å². The molecule has 0 aliphatic carbocycles. The van der Waals surface area contributed by atoms with E-state index in [1.54, 1.807) is 18.2 Å². The van der Waals surface area contributed by atoms with Crippen molar-refractivity contribution in [3.05, 3.63) is 36.9 Å². The van der Waals surface area contributed by atoms with Gasteiger partial charge in [-0.3, -0.25) is 0 Å². The van der Waals surface area contributed by atoms with Crippen LogP contribution in [0.25, 0.3) is 0 Å². The molecule has 0 radical (unpaired) electrons. The van der Waals surface area contributed by atoms with E-state index < -0.39 is 5.97 Å². The molecule has 3 heteroatoms. The molecule has 0 aromatic heterocycles. The number of ether oxygens (including phenoxy) is 2. The molecule has 0 bridgehead atoms. The molecule has 1 aromatic rings. The van der Waals surface area contributed by atoms with E-state index in [-0.39, 0.29) is 0 Å². The van der Waals surface area contributed by atoms with Gasteiger partial charge < -0.3 is 9.47 Å². The number of carbonyl (C=O) groups excluding carboxylic acids is 1. The molecule has 3 nitrogen and oxygen atoms in total. The highest BCUT2D eigenvalue weighted by Gasteiger charge is 2.05. The van der Waals surface area contributed by atoms with Crippen molar-refractivity contribution in [2.75, 3.05) is 6.61 Å². The number of hydrogen-bond donors (Lipinski definition) is 0. The first-order valence-electron chi connectivity index (χ1n) is 4.34. The number of hydrogen-bond acceptors (Lipinski definition) is 3. The fourth-order valence-electron chi connectivity index (χ4n) is 0.959. The molecule has 0 atom stereocenters. The second-order valence-corrected chi connectivity index (χ2v) is 2.50. The van der Waals surface area contributed by atoms with Crippen LogP contribution in [0.4, 0.5) is 0 Å². The van der Waals surface area contributed by atoms with Gasteiger partial charge in [-0.25, -0.2) is 4.79 Å². The minimum absolute atomic E-state index is 0.416. The van der Waals surface area contributed by atoms with Crippen LogP contribution < -0.4 is 9.47 Å². The third-order valence-corrected chi connectivity index (χ3v) is 1.53. The van der Waals surface area contributed by atoms with Crippen LogP contribution in [0.1, 0.15) is 6.92 Å². The zero-order valence-corrected chi connectivity index (χ0v) is 8.03. The third-order valence-electron chi connectivity index (χ3n) is 1.53. The molecule has 0 amide bonds. The van der Waals surface area contributed by atoms with Gasteiger partial charge in [0.05, 0.1) is 6.61 Å². The summed E-state index contributed by atoms with van der Waals surface area (Å²) in [4.78, 5) is 10.9. The highest BCUT2D eigenvalue weighted by atomic mass is 16.6. The van der Waals surface area contributed by atoms with Crippen LogP contribution in [-0.2, 0) is 4.79 Å². The first kappa shape index (κ1) is 10.3. The van der Waals surface area contributed by atoms with E-state index in [0.717, 1.165) is 6.08 Å². The average Bonchev–Trinajstić information content (AvgIpc) is 2.21. The molecule has 1 aromatic carbocycles. The Balaban J connectivity index is 2.83. The van der Waals surface area contributed by atoms with E-state index in [2.05, 4.69) is 6.58 Å². The summed E-state index contributed by atoms with van der Waals surface area (Å²) >= 11 is 0. The molecule has 0 aliphatic rings. The zero-order chi connectivity index (χ0) is 10.4. The summed E-state index contributed by atoms with van der Waals surface area (Å²) in [6, 6.07) is 7.01. The molecule has 14 heavy (non-hydrogen) atoms. The lowest BCUT2D eigenvalue weighted by atomic mass is 10.3. The highest BCUT2D eigenvalue weighted by Crippen LogP contribution is 2.26. The lowest BCUT2D eigenvalue weighted by Gasteiger charge is -2.08. The topological polar surface area (TPSA) is 35.5 Å². The Morgan fingerprint density at radius 3 is 2.64 bits per heavy atom. The SMILES string of the molecule is C=CC(=O)Oc1ccccc1OCC. The standard InChI is InChI=1S/C11H12O3/c1-3-11(12)14-10-8-6-5-7-9(10)13-4-2/h3,5-8H,1,4H2,2H3. The predicted molar refractivity (Wildman–Crippen MR) is 53.4 cm³/mol. The third kappa shape index (κ3) is 2.62. The first-order valence-corrected chi connectivity index (χ1v) is 4.34. The Hall–Kier alpha value is -1.77. The van der Waals surface area contributed by atoms with Crippen LogP contribution in [0.2, 0.25) is 0 Å². The predicted octanol–water partition coefficient (Wildman–Crippen LogP) is 2.18. The van der Waals surface area contributed by atoms with Crippen molar-refractivity contribution in [2.45, 2.75) is 6.92 Å². The normalized spacial score (nSPS) is 9.21. The van der Waals surface area contributed by atoms with Crippen LogP contribution in [0.5, 0.6) is 11.5 Å². The maximum absolute atomic E-state index is 10.9. The molecule has 0 N–H and O–H groups in total. The van der Waals surface area contributed by atoms with Crippen molar-refractivity contribution >= 4 is 5.97 Å². The largest absolute Gasteiger partial charge is 0.490 e. The van der Waals surface area contributed by atoms with E-state index in [9.17, 15) is 4.79 Å². The quantitative estimate of drug-likeness (QED) is 0.416. The molecule has 0 spiro atoms. The molecule has 0 unspecified atom stereocenters. The van der Waals surface area contributed by atoms with Crippen molar-refractivity contribution in [3.63, 3.8) is 0 Å². The van der Waals surface area contributed by atoms with Crippen LogP contribution in [0.3, 0.4) is 0 Å². The fourth-order valence-corrected chi connectivity index (χ4v) is 0.959. The van der Waals surface area contributed by atoms with Crippen molar-refractivity contribution in [3.8, 4) is 11.5 Å². The molecule has 0 saturated heterocycles. The van der Waals surface area contributed by atoms with Gasteiger partial charge in [-0.2, -0.15) is 0 Å². The highest BCUT2D eigenvalue weighted by molar-refractivity contribution is 5.83. The van der Waals surface area contributed by atoms with Crippen LogP contribution in [0, 0.1) is 0 Å². The molecule has 0 heterocycles. The Morgan fingerprint density at radius 2 is 2.07 bits per heavy atom. The number of benzene rings is 1. The summed E-state index contributed by atoms with van der Waals surface area (Å²) < 4.78 is 10.2. The zero-order valence-electron chi connectivity index (χ0n) is 8.03. The Kier molecular flexibility index (Phi) is 3.73. The maximum Gasteiger partial charge on any atom is 0.335 e. The van der Waals surface area contributed by atoms with E-state index in [1.165, 1.54) is 0 Å². The molecule has 74 valence electrons. The van der Waals surface area contributed by atoms with E-state index in [1.807, 2.05) is 13.0 Å². The van der Waals surface area contributed by atoms with Gasteiger partial charge in [0, 0.05) is 6.08 Å². The van der Waals surface area contributed by atoms with Crippen molar-refractivity contribution in [2.24, 2.45) is 0 Å². The van der Waals surface area contributed by atoms with Gasteiger partial charge in [-0.15, -0.1) is 0 Å². The van der Waals surface area contributed by atoms with E-state index >= 15 is 0 Å². The van der Waals surface area contributed by atoms with Crippen LogP contribution in [0.15, 0.2) is 36.9 Å². The summed E-state index contributed by atoms with van der Waals surface area (Å²) in [6.07, 6.45) is 1.11. The first-order chi connectivity index (χ1) is 6.77. The molecule has 0 aliphatic heterocycles. The van der Waals surface area contributed by atoms with Gasteiger partial charge in [-0.1, -0.05) is 18.7 Å². The molecule has 0 fully saturated rings. The number of carbonyl (C=O) groups is 1. The Bertz CT molecular complexity index is 331. The molecular formula is C11H12O3.